The minimum atomic E-state index is 0.151. The van der Waals surface area contributed by atoms with Gasteiger partial charge in [-0.05, 0) is 19.4 Å². The largest absolute Gasteiger partial charge is 0.506 e. The highest BCUT2D eigenvalue weighted by molar-refractivity contribution is 6.31. The first-order valence-corrected chi connectivity index (χ1v) is 3.50. The highest BCUT2D eigenvalue weighted by atomic mass is 35.5. The highest BCUT2D eigenvalue weighted by Gasteiger charge is 2.00. The average Bonchev–Trinajstić information content (AvgIpc) is 2.04. The predicted octanol–water partition coefficient (Wildman–Crippen LogP) is 2.90. The standard InChI is InChI=1S/C8H9ClO/c1-6-2-4-7(9)8(10)5-3-6/h3-5,10H,2H2,1H3. The van der Waals surface area contributed by atoms with E-state index in [1.54, 1.807) is 12.2 Å². The molecule has 10 heavy (non-hydrogen) atoms. The van der Waals surface area contributed by atoms with Crippen LogP contribution in [0.25, 0.3) is 0 Å². The van der Waals surface area contributed by atoms with Gasteiger partial charge in [-0.3, -0.25) is 0 Å². The molecule has 0 unspecified atom stereocenters. The molecule has 1 aliphatic rings. The Morgan fingerprint density at radius 3 is 2.90 bits per heavy atom. The first-order valence-electron chi connectivity index (χ1n) is 3.12. The lowest BCUT2D eigenvalue weighted by molar-refractivity contribution is 0.429. The summed E-state index contributed by atoms with van der Waals surface area (Å²) in [6, 6.07) is 0. The molecule has 0 bridgehead atoms. The molecule has 1 nitrogen and oxygen atoms in total. The first kappa shape index (κ1) is 7.42. The second-order valence-electron chi connectivity index (χ2n) is 2.32. The molecule has 54 valence electrons. The zero-order chi connectivity index (χ0) is 7.56. The van der Waals surface area contributed by atoms with E-state index in [0.717, 1.165) is 6.42 Å². The summed E-state index contributed by atoms with van der Waals surface area (Å²) in [7, 11) is 0. The topological polar surface area (TPSA) is 20.2 Å². The summed E-state index contributed by atoms with van der Waals surface area (Å²) in [5.41, 5.74) is 1.20. The molecule has 0 heterocycles. The maximum Gasteiger partial charge on any atom is 0.133 e. The van der Waals surface area contributed by atoms with Gasteiger partial charge in [0.25, 0.3) is 0 Å². The number of halogens is 1. The normalized spacial score (nSPS) is 18.8. The van der Waals surface area contributed by atoms with Crippen molar-refractivity contribution in [3.8, 4) is 0 Å². The maximum atomic E-state index is 9.09. The summed E-state index contributed by atoms with van der Waals surface area (Å²) >= 11 is 5.65. The van der Waals surface area contributed by atoms with Crippen molar-refractivity contribution < 1.29 is 5.11 Å². The van der Waals surface area contributed by atoms with Gasteiger partial charge < -0.3 is 5.11 Å². The Bertz CT molecular complexity index is 223. The van der Waals surface area contributed by atoms with Crippen LogP contribution in [0.4, 0.5) is 0 Å². The molecule has 0 fully saturated rings. The molecule has 0 aromatic carbocycles. The van der Waals surface area contributed by atoms with Crippen LogP contribution in [-0.4, -0.2) is 5.11 Å². The second-order valence-corrected chi connectivity index (χ2v) is 2.73. The van der Waals surface area contributed by atoms with Crippen molar-refractivity contribution in [3.63, 3.8) is 0 Å². The predicted molar refractivity (Wildman–Crippen MR) is 43.0 cm³/mol. The van der Waals surface area contributed by atoms with Crippen LogP contribution in [0.1, 0.15) is 13.3 Å². The number of aliphatic hydroxyl groups excluding tert-OH is 1. The third-order valence-corrected chi connectivity index (χ3v) is 1.72. The van der Waals surface area contributed by atoms with E-state index in [2.05, 4.69) is 0 Å². The summed E-state index contributed by atoms with van der Waals surface area (Å²) in [5, 5.41) is 9.53. The van der Waals surface area contributed by atoms with Gasteiger partial charge in [0.2, 0.25) is 0 Å². The average molecular weight is 157 g/mol. The molecule has 0 aromatic heterocycles. The Kier molecular flexibility index (Phi) is 2.17. The highest BCUT2D eigenvalue weighted by Crippen LogP contribution is 2.18. The van der Waals surface area contributed by atoms with Gasteiger partial charge in [0.15, 0.2) is 0 Å². The molecule has 0 aromatic rings. The quantitative estimate of drug-likeness (QED) is 0.572. The number of rotatable bonds is 0. The molecule has 1 aliphatic carbocycles. The van der Waals surface area contributed by atoms with Crippen LogP contribution in [-0.2, 0) is 0 Å². The van der Waals surface area contributed by atoms with Gasteiger partial charge in [-0.25, -0.2) is 0 Å². The van der Waals surface area contributed by atoms with Crippen LogP contribution < -0.4 is 0 Å². The molecule has 0 atom stereocenters. The molecule has 0 aliphatic heterocycles. The van der Waals surface area contributed by atoms with Crippen LogP contribution in [0.3, 0.4) is 0 Å². The molecule has 0 amide bonds. The van der Waals surface area contributed by atoms with Crippen LogP contribution in [0.15, 0.2) is 34.6 Å². The minimum Gasteiger partial charge on any atom is -0.506 e. The molecule has 0 saturated carbocycles. The van der Waals surface area contributed by atoms with Crippen molar-refractivity contribution in [2.45, 2.75) is 13.3 Å². The Balaban J connectivity index is 2.90. The van der Waals surface area contributed by atoms with Crippen molar-refractivity contribution in [2.75, 3.05) is 0 Å². The van der Waals surface area contributed by atoms with E-state index >= 15 is 0 Å². The molecule has 1 rings (SSSR count). The zero-order valence-electron chi connectivity index (χ0n) is 5.76. The minimum absolute atomic E-state index is 0.151. The van der Waals surface area contributed by atoms with Crippen molar-refractivity contribution >= 4 is 11.6 Å². The Labute approximate surface area is 65.3 Å². The van der Waals surface area contributed by atoms with E-state index < -0.39 is 0 Å². The summed E-state index contributed by atoms with van der Waals surface area (Å²) in [4.78, 5) is 0. The molecule has 2 heteroatoms. The summed E-state index contributed by atoms with van der Waals surface area (Å²) < 4.78 is 0. The maximum absolute atomic E-state index is 9.09. The smallest absolute Gasteiger partial charge is 0.133 e. The van der Waals surface area contributed by atoms with E-state index in [4.69, 9.17) is 16.7 Å². The lowest BCUT2D eigenvalue weighted by Crippen LogP contribution is -1.76. The molecule has 0 spiro atoms. The lowest BCUT2D eigenvalue weighted by Gasteiger charge is -1.91. The van der Waals surface area contributed by atoms with Gasteiger partial charge in [0.1, 0.15) is 5.76 Å². The number of hydrogen-bond donors (Lipinski definition) is 1. The van der Waals surface area contributed by atoms with Crippen molar-refractivity contribution in [1.29, 1.82) is 0 Å². The van der Waals surface area contributed by atoms with Crippen LogP contribution in [0.5, 0.6) is 0 Å². The molecule has 0 radical (unpaired) electrons. The summed E-state index contributed by atoms with van der Waals surface area (Å²) in [5.74, 6) is 0.151. The third kappa shape index (κ3) is 1.64. The van der Waals surface area contributed by atoms with Crippen LogP contribution in [0, 0.1) is 0 Å². The van der Waals surface area contributed by atoms with Gasteiger partial charge in [-0.15, -0.1) is 0 Å². The van der Waals surface area contributed by atoms with Gasteiger partial charge in [-0.2, -0.15) is 0 Å². The SMILES string of the molecule is CC1=CC=C(O)C(Cl)=CC1. The monoisotopic (exact) mass is 156 g/mol. The fraction of sp³-hybridized carbons (Fsp3) is 0.250. The molecular weight excluding hydrogens is 148 g/mol. The van der Waals surface area contributed by atoms with Gasteiger partial charge in [-0.1, -0.05) is 29.3 Å². The third-order valence-electron chi connectivity index (χ3n) is 1.37. The van der Waals surface area contributed by atoms with Crippen LogP contribution in [0.2, 0.25) is 0 Å². The summed E-state index contributed by atoms with van der Waals surface area (Å²) in [6.45, 7) is 2.00. The zero-order valence-corrected chi connectivity index (χ0v) is 6.52. The molecule has 1 N–H and O–H groups in total. The number of allylic oxidation sites excluding steroid dienone is 5. The van der Waals surface area contributed by atoms with E-state index in [0.29, 0.717) is 5.03 Å². The lowest BCUT2D eigenvalue weighted by atomic mass is 10.2. The number of hydrogen-bond acceptors (Lipinski definition) is 1. The van der Waals surface area contributed by atoms with Crippen molar-refractivity contribution in [2.24, 2.45) is 0 Å². The van der Waals surface area contributed by atoms with E-state index in [1.807, 2.05) is 13.0 Å². The number of aliphatic hydroxyl groups is 1. The van der Waals surface area contributed by atoms with Gasteiger partial charge in [0.05, 0.1) is 5.03 Å². The molecule has 0 saturated heterocycles. The van der Waals surface area contributed by atoms with E-state index in [1.165, 1.54) is 5.57 Å². The van der Waals surface area contributed by atoms with Gasteiger partial charge in [0, 0.05) is 0 Å². The molecular formula is C8H9ClO. The van der Waals surface area contributed by atoms with E-state index in [9.17, 15) is 0 Å². The Morgan fingerprint density at radius 1 is 1.50 bits per heavy atom. The Hall–Kier alpha value is -0.690. The van der Waals surface area contributed by atoms with Crippen molar-refractivity contribution in [3.05, 3.63) is 34.6 Å². The van der Waals surface area contributed by atoms with E-state index in [-0.39, 0.29) is 5.76 Å². The first-order chi connectivity index (χ1) is 4.70. The second kappa shape index (κ2) is 2.93. The van der Waals surface area contributed by atoms with Crippen LogP contribution >= 0.6 is 11.6 Å². The Morgan fingerprint density at radius 2 is 2.20 bits per heavy atom. The van der Waals surface area contributed by atoms with Crippen molar-refractivity contribution in [1.82, 2.24) is 0 Å². The fourth-order valence-corrected chi connectivity index (χ4v) is 0.864. The fourth-order valence-electron chi connectivity index (χ4n) is 0.724. The van der Waals surface area contributed by atoms with Gasteiger partial charge >= 0.3 is 0 Å². The summed E-state index contributed by atoms with van der Waals surface area (Å²) in [6.07, 6.45) is 6.09.